The van der Waals surface area contributed by atoms with E-state index in [0.29, 0.717) is 32.5 Å². The highest BCUT2D eigenvalue weighted by Crippen LogP contribution is 2.08. The number of likely N-dealkylation sites (tertiary alicyclic amines) is 1. The van der Waals surface area contributed by atoms with Crippen LogP contribution in [0.3, 0.4) is 0 Å². The van der Waals surface area contributed by atoms with E-state index in [9.17, 15) is 14.4 Å². The topological polar surface area (TPSA) is 60.9 Å². The van der Waals surface area contributed by atoms with E-state index in [1.807, 2.05) is 4.90 Å². The lowest BCUT2D eigenvalue weighted by Crippen LogP contribution is -2.45. The first kappa shape index (κ1) is 14.0. The highest BCUT2D eigenvalue weighted by atomic mass is 16.2. The van der Waals surface area contributed by atoms with Crippen LogP contribution < -0.4 is 0 Å². The first-order valence-corrected chi connectivity index (χ1v) is 6.82. The predicted molar refractivity (Wildman–Crippen MR) is 69.5 cm³/mol. The van der Waals surface area contributed by atoms with E-state index < -0.39 is 0 Å². The van der Waals surface area contributed by atoms with E-state index in [4.69, 9.17) is 0 Å². The second-order valence-electron chi connectivity index (χ2n) is 5.30. The third-order valence-corrected chi connectivity index (χ3v) is 3.79. The Labute approximate surface area is 113 Å². The van der Waals surface area contributed by atoms with Gasteiger partial charge in [0.05, 0.1) is 13.1 Å². The molecule has 0 aromatic rings. The van der Waals surface area contributed by atoms with Gasteiger partial charge in [-0.3, -0.25) is 19.3 Å². The number of nitrogens with zero attached hydrogens (tertiary/aromatic N) is 3. The Kier molecular flexibility index (Phi) is 4.52. The Hall–Kier alpha value is -1.43. The molecule has 2 saturated heterocycles. The summed E-state index contributed by atoms with van der Waals surface area (Å²) in [7, 11) is 1.80. The molecule has 0 aromatic heterocycles. The number of rotatable bonds is 2. The number of piperidine rings is 1. The summed E-state index contributed by atoms with van der Waals surface area (Å²) in [6, 6.07) is 0. The molecule has 6 nitrogen and oxygen atoms in total. The summed E-state index contributed by atoms with van der Waals surface area (Å²) in [5.74, 6) is 0.333. The van der Waals surface area contributed by atoms with Crippen molar-refractivity contribution in [2.75, 3.05) is 46.3 Å². The second kappa shape index (κ2) is 6.14. The van der Waals surface area contributed by atoms with E-state index in [0.717, 1.165) is 19.5 Å². The van der Waals surface area contributed by atoms with E-state index in [1.165, 1.54) is 0 Å². The predicted octanol–water partition coefficient (Wildman–Crippen LogP) is -0.658. The van der Waals surface area contributed by atoms with Gasteiger partial charge in [-0.1, -0.05) is 0 Å². The van der Waals surface area contributed by atoms with Crippen LogP contribution in [0.1, 0.15) is 19.3 Å². The van der Waals surface area contributed by atoms with Gasteiger partial charge in [-0.2, -0.15) is 0 Å². The zero-order chi connectivity index (χ0) is 13.8. The largest absolute Gasteiger partial charge is 0.345 e. The van der Waals surface area contributed by atoms with Gasteiger partial charge in [0.25, 0.3) is 0 Å². The van der Waals surface area contributed by atoms with Gasteiger partial charge < -0.3 is 9.80 Å². The van der Waals surface area contributed by atoms with Crippen LogP contribution in [0, 0.1) is 0 Å². The van der Waals surface area contributed by atoms with Crippen molar-refractivity contribution in [2.45, 2.75) is 19.3 Å². The zero-order valence-electron chi connectivity index (χ0n) is 11.4. The quantitative estimate of drug-likeness (QED) is 0.666. The lowest BCUT2D eigenvalue weighted by Gasteiger charge is -2.28. The van der Waals surface area contributed by atoms with Crippen molar-refractivity contribution in [1.29, 1.82) is 0 Å². The Morgan fingerprint density at radius 1 is 1.11 bits per heavy atom. The second-order valence-corrected chi connectivity index (χ2v) is 5.30. The zero-order valence-corrected chi connectivity index (χ0v) is 11.4. The van der Waals surface area contributed by atoms with Crippen molar-refractivity contribution < 1.29 is 14.4 Å². The standard InChI is InChI=1S/C13H21N3O3/c1-14-5-2-6-15(9-12(14)18)10-13(19)16-7-3-11(17)4-8-16/h2-10H2,1H3. The Morgan fingerprint density at radius 2 is 1.79 bits per heavy atom. The minimum Gasteiger partial charge on any atom is -0.345 e. The molecule has 2 aliphatic heterocycles. The summed E-state index contributed by atoms with van der Waals surface area (Å²) >= 11 is 0. The maximum Gasteiger partial charge on any atom is 0.236 e. The van der Waals surface area contributed by atoms with Crippen molar-refractivity contribution in [2.24, 2.45) is 0 Å². The van der Waals surface area contributed by atoms with Gasteiger partial charge in [0.15, 0.2) is 0 Å². The van der Waals surface area contributed by atoms with Crippen molar-refractivity contribution >= 4 is 17.6 Å². The monoisotopic (exact) mass is 267 g/mol. The molecule has 0 N–H and O–H groups in total. The third-order valence-electron chi connectivity index (χ3n) is 3.79. The lowest BCUT2D eigenvalue weighted by atomic mass is 10.1. The first-order chi connectivity index (χ1) is 9.06. The fraction of sp³-hybridized carbons (Fsp3) is 0.769. The number of ketones is 1. The first-order valence-electron chi connectivity index (χ1n) is 6.82. The molecule has 2 aliphatic rings. The van der Waals surface area contributed by atoms with Crippen molar-refractivity contribution in [3.05, 3.63) is 0 Å². The Bertz CT molecular complexity index is 373. The molecule has 2 fully saturated rings. The third kappa shape index (κ3) is 3.76. The molecule has 0 unspecified atom stereocenters. The SMILES string of the molecule is CN1CCCN(CC(=O)N2CCC(=O)CC2)CC1=O. The van der Waals surface area contributed by atoms with Crippen LogP contribution in [0.15, 0.2) is 0 Å². The van der Waals surface area contributed by atoms with Crippen LogP contribution in [-0.4, -0.2) is 78.6 Å². The van der Waals surface area contributed by atoms with Crippen LogP contribution in [0.2, 0.25) is 0 Å². The van der Waals surface area contributed by atoms with Gasteiger partial charge >= 0.3 is 0 Å². The highest BCUT2D eigenvalue weighted by molar-refractivity contribution is 5.85. The number of Topliss-reactive ketones (excluding diaryl/α,β-unsaturated/α-hetero) is 1. The van der Waals surface area contributed by atoms with Crippen LogP contribution in [0.25, 0.3) is 0 Å². The molecule has 106 valence electrons. The van der Waals surface area contributed by atoms with Crippen LogP contribution in [-0.2, 0) is 14.4 Å². The van der Waals surface area contributed by atoms with Crippen molar-refractivity contribution in [3.63, 3.8) is 0 Å². The summed E-state index contributed by atoms with van der Waals surface area (Å²) in [5.41, 5.74) is 0. The maximum absolute atomic E-state index is 12.1. The van der Waals surface area contributed by atoms with Gasteiger partial charge in [0, 0.05) is 46.1 Å². The summed E-state index contributed by atoms with van der Waals surface area (Å²) in [4.78, 5) is 40.4. The van der Waals surface area contributed by atoms with Crippen LogP contribution in [0.4, 0.5) is 0 Å². The average Bonchev–Trinajstić information content (AvgIpc) is 2.53. The van der Waals surface area contributed by atoms with Crippen molar-refractivity contribution in [3.8, 4) is 0 Å². The number of carbonyl (C=O) groups excluding carboxylic acids is 3. The van der Waals surface area contributed by atoms with E-state index in [-0.39, 0.29) is 24.1 Å². The molecule has 0 aliphatic carbocycles. The molecule has 0 saturated carbocycles. The molecule has 2 rings (SSSR count). The molecule has 2 heterocycles. The van der Waals surface area contributed by atoms with Crippen LogP contribution >= 0.6 is 0 Å². The molecule has 0 spiro atoms. The number of carbonyl (C=O) groups is 3. The molecule has 0 aromatic carbocycles. The highest BCUT2D eigenvalue weighted by Gasteiger charge is 2.25. The smallest absolute Gasteiger partial charge is 0.236 e. The summed E-state index contributed by atoms with van der Waals surface area (Å²) < 4.78 is 0. The molecule has 19 heavy (non-hydrogen) atoms. The Balaban J connectivity index is 1.84. The summed E-state index contributed by atoms with van der Waals surface area (Å²) in [6.45, 7) is 3.18. The molecular weight excluding hydrogens is 246 g/mol. The van der Waals surface area contributed by atoms with Gasteiger partial charge in [-0.15, -0.1) is 0 Å². The molecular formula is C13H21N3O3. The number of hydrogen-bond donors (Lipinski definition) is 0. The van der Waals surface area contributed by atoms with Gasteiger partial charge in [-0.25, -0.2) is 0 Å². The number of amides is 2. The fourth-order valence-electron chi connectivity index (χ4n) is 2.48. The average molecular weight is 267 g/mol. The van der Waals surface area contributed by atoms with Gasteiger partial charge in [0.2, 0.25) is 11.8 Å². The van der Waals surface area contributed by atoms with Gasteiger partial charge in [-0.05, 0) is 6.42 Å². The fourth-order valence-corrected chi connectivity index (χ4v) is 2.48. The molecule has 0 atom stereocenters. The minimum absolute atomic E-state index is 0.0323. The minimum atomic E-state index is 0.0323. The molecule has 0 bridgehead atoms. The van der Waals surface area contributed by atoms with E-state index in [1.54, 1.807) is 16.8 Å². The van der Waals surface area contributed by atoms with Gasteiger partial charge in [0.1, 0.15) is 5.78 Å². The summed E-state index contributed by atoms with van der Waals surface area (Å²) in [5, 5.41) is 0. The molecule has 0 radical (unpaired) electrons. The lowest BCUT2D eigenvalue weighted by molar-refractivity contribution is -0.136. The normalized spacial score (nSPS) is 22.6. The maximum atomic E-state index is 12.1. The van der Waals surface area contributed by atoms with Crippen molar-refractivity contribution in [1.82, 2.24) is 14.7 Å². The van der Waals surface area contributed by atoms with E-state index in [2.05, 4.69) is 0 Å². The number of likely N-dealkylation sites (N-methyl/N-ethyl adjacent to an activating group) is 1. The van der Waals surface area contributed by atoms with Crippen LogP contribution in [0.5, 0.6) is 0 Å². The molecule has 6 heteroatoms. The Morgan fingerprint density at radius 3 is 2.47 bits per heavy atom. The summed E-state index contributed by atoms with van der Waals surface area (Å²) in [6.07, 6.45) is 1.83. The molecule has 2 amide bonds. The van der Waals surface area contributed by atoms with E-state index >= 15 is 0 Å². The number of hydrogen-bond acceptors (Lipinski definition) is 4.